The van der Waals surface area contributed by atoms with Gasteiger partial charge in [0.25, 0.3) is 0 Å². The molecule has 5 rings (SSSR count). The number of halogens is 3. The molecule has 1 aliphatic carbocycles. The molecule has 41 heavy (non-hydrogen) atoms. The van der Waals surface area contributed by atoms with Crippen molar-refractivity contribution in [3.63, 3.8) is 0 Å². The first-order valence-electron chi connectivity index (χ1n) is 13.6. The average molecular weight is 577 g/mol. The molecule has 2 aliphatic heterocycles. The van der Waals surface area contributed by atoms with Crippen LogP contribution in [0.3, 0.4) is 0 Å². The molecule has 1 unspecified atom stereocenters. The first-order chi connectivity index (χ1) is 19.2. The van der Waals surface area contributed by atoms with Crippen molar-refractivity contribution in [1.82, 2.24) is 24.3 Å². The lowest BCUT2D eigenvalue weighted by atomic mass is 10.0. The molecule has 0 spiro atoms. The predicted octanol–water partition coefficient (Wildman–Crippen LogP) is 1.44. The summed E-state index contributed by atoms with van der Waals surface area (Å²) in [6.07, 6.45) is -3.13. The molecule has 5 N–H and O–H groups in total. The van der Waals surface area contributed by atoms with E-state index in [2.05, 4.69) is 10.3 Å². The second-order valence-corrected chi connectivity index (χ2v) is 11.9. The smallest absolute Gasteiger partial charge is 0.339 e. The standard InChI is InChI=1S/C27H35F3N8O3/c1-26(2,32)12-22(39)36-7-9-37(10-8-36)24(40)33-21-5-6-38(25(41)34-21)17-4-3-16(20(11-17)27(28,29)30)13-35-14-18-19(15-35)23(18)31/h3-6,11,18-19,23H,7-10,12-15,31-32H2,1-2H3,(H,33,34,40,41)/t18-,19+,23?. The number of carbonyl (C=O) groups excluding carboxylic acids is 2. The molecule has 3 fully saturated rings. The van der Waals surface area contributed by atoms with Gasteiger partial charge in [0.1, 0.15) is 5.82 Å². The lowest BCUT2D eigenvalue weighted by Gasteiger charge is -2.35. The van der Waals surface area contributed by atoms with Crippen molar-refractivity contribution in [3.8, 4) is 5.69 Å². The van der Waals surface area contributed by atoms with Crippen LogP contribution < -0.4 is 22.5 Å². The predicted molar refractivity (Wildman–Crippen MR) is 145 cm³/mol. The van der Waals surface area contributed by atoms with E-state index in [0.717, 1.165) is 10.6 Å². The minimum Gasteiger partial charge on any atom is -0.339 e. The van der Waals surface area contributed by atoms with E-state index >= 15 is 0 Å². The third kappa shape index (κ3) is 6.54. The number of likely N-dealkylation sites (tertiary alicyclic amines) is 1. The van der Waals surface area contributed by atoms with Gasteiger partial charge in [0.15, 0.2) is 0 Å². The number of piperidine rings is 1. The van der Waals surface area contributed by atoms with Gasteiger partial charge in [-0.15, -0.1) is 0 Å². The molecular weight excluding hydrogens is 541 g/mol. The van der Waals surface area contributed by atoms with E-state index in [9.17, 15) is 27.6 Å². The number of nitrogens with zero attached hydrogens (tertiary/aromatic N) is 5. The molecule has 2 aromatic rings. The van der Waals surface area contributed by atoms with Gasteiger partial charge >= 0.3 is 17.9 Å². The quantitative estimate of drug-likeness (QED) is 0.472. The van der Waals surface area contributed by atoms with Crippen LogP contribution in [-0.4, -0.2) is 87.0 Å². The molecule has 3 heterocycles. The molecule has 0 bridgehead atoms. The summed E-state index contributed by atoms with van der Waals surface area (Å²) < 4.78 is 42.9. The molecule has 1 aromatic carbocycles. The number of piperazine rings is 1. The maximum Gasteiger partial charge on any atom is 0.416 e. The van der Waals surface area contributed by atoms with E-state index in [-0.39, 0.29) is 55.1 Å². The molecule has 0 radical (unpaired) electrons. The lowest BCUT2D eigenvalue weighted by molar-refractivity contribution is -0.138. The van der Waals surface area contributed by atoms with Crippen LogP contribution in [0.4, 0.5) is 23.8 Å². The van der Waals surface area contributed by atoms with Crippen molar-refractivity contribution in [2.24, 2.45) is 23.3 Å². The maximum absolute atomic E-state index is 14.0. The fourth-order valence-corrected chi connectivity index (χ4v) is 5.66. The van der Waals surface area contributed by atoms with Gasteiger partial charge in [-0.1, -0.05) is 6.07 Å². The average Bonchev–Trinajstić information content (AvgIpc) is 3.27. The van der Waals surface area contributed by atoms with E-state index in [1.54, 1.807) is 18.7 Å². The van der Waals surface area contributed by atoms with Gasteiger partial charge in [0.05, 0.1) is 11.3 Å². The summed E-state index contributed by atoms with van der Waals surface area (Å²) >= 11 is 0. The Hall–Kier alpha value is -3.49. The van der Waals surface area contributed by atoms with Crippen molar-refractivity contribution < 1.29 is 22.8 Å². The number of amides is 3. The second-order valence-electron chi connectivity index (χ2n) is 11.9. The van der Waals surface area contributed by atoms with E-state index < -0.39 is 29.0 Å². The molecule has 1 saturated carbocycles. The number of nitrogens with one attached hydrogen (secondary N) is 1. The SMILES string of the molecule is CC(C)(N)CC(=O)N1CCN(C(=O)Nc2ccn(-c3ccc(CN4C[C@@H]5C(N)[C@@H]5C4)c(C(F)(F)F)c3)c(=O)n2)CC1. The van der Waals surface area contributed by atoms with Crippen LogP contribution in [0.1, 0.15) is 31.4 Å². The van der Waals surface area contributed by atoms with Crippen molar-refractivity contribution in [3.05, 3.63) is 52.1 Å². The van der Waals surface area contributed by atoms with Crippen molar-refractivity contribution >= 4 is 17.8 Å². The van der Waals surface area contributed by atoms with Gasteiger partial charge < -0.3 is 21.3 Å². The van der Waals surface area contributed by atoms with Crippen LogP contribution in [-0.2, 0) is 17.5 Å². The van der Waals surface area contributed by atoms with Crippen LogP contribution in [0.5, 0.6) is 0 Å². The molecule has 11 nitrogen and oxygen atoms in total. The zero-order valence-electron chi connectivity index (χ0n) is 23.0. The van der Waals surface area contributed by atoms with Crippen LogP contribution in [0, 0.1) is 11.8 Å². The molecule has 3 amide bonds. The summed E-state index contributed by atoms with van der Waals surface area (Å²) in [5, 5.41) is 2.55. The number of fused-ring (bicyclic) bond motifs is 1. The van der Waals surface area contributed by atoms with Crippen molar-refractivity contribution in [1.29, 1.82) is 0 Å². The van der Waals surface area contributed by atoms with E-state index in [0.29, 0.717) is 38.0 Å². The van der Waals surface area contributed by atoms with E-state index in [4.69, 9.17) is 11.5 Å². The molecule has 3 atom stereocenters. The minimum absolute atomic E-state index is 0.0178. The Bertz CT molecular complexity index is 1370. The fraction of sp³-hybridized carbons (Fsp3) is 0.556. The topological polar surface area (TPSA) is 143 Å². The Morgan fingerprint density at radius 2 is 1.68 bits per heavy atom. The van der Waals surface area contributed by atoms with Gasteiger partial charge in [0, 0.05) is 70.0 Å². The Kier molecular flexibility index (Phi) is 7.59. The number of alkyl halides is 3. The number of anilines is 1. The van der Waals surface area contributed by atoms with Gasteiger partial charge in [-0.3, -0.25) is 19.6 Å². The monoisotopic (exact) mass is 576 g/mol. The van der Waals surface area contributed by atoms with Gasteiger partial charge in [0.2, 0.25) is 5.91 Å². The minimum atomic E-state index is -4.61. The second kappa shape index (κ2) is 10.7. The number of carbonyl (C=O) groups is 2. The maximum atomic E-state index is 14.0. The van der Waals surface area contributed by atoms with Gasteiger partial charge in [-0.25, -0.2) is 9.59 Å². The highest BCUT2D eigenvalue weighted by Gasteiger charge is 2.53. The number of hydrogen-bond donors (Lipinski definition) is 3. The Balaban J connectivity index is 1.23. The zero-order chi connectivity index (χ0) is 29.7. The first kappa shape index (κ1) is 29.0. The zero-order valence-corrected chi connectivity index (χ0v) is 23.0. The van der Waals surface area contributed by atoms with Crippen LogP contribution >= 0.6 is 0 Å². The van der Waals surface area contributed by atoms with E-state index in [1.807, 2.05) is 4.90 Å². The Morgan fingerprint density at radius 1 is 1.05 bits per heavy atom. The highest BCUT2D eigenvalue weighted by Crippen LogP contribution is 2.44. The molecule has 14 heteroatoms. The van der Waals surface area contributed by atoms with Crippen LogP contribution in [0.25, 0.3) is 5.69 Å². The third-order valence-electron chi connectivity index (χ3n) is 7.97. The Morgan fingerprint density at radius 3 is 2.27 bits per heavy atom. The van der Waals surface area contributed by atoms with Crippen LogP contribution in [0.15, 0.2) is 35.3 Å². The highest BCUT2D eigenvalue weighted by atomic mass is 19.4. The molecule has 1 aromatic heterocycles. The fourth-order valence-electron chi connectivity index (χ4n) is 5.66. The molecule has 3 aliphatic rings. The normalized spacial score (nSPS) is 23.0. The van der Waals surface area contributed by atoms with Crippen molar-refractivity contribution in [2.45, 2.75) is 44.6 Å². The summed E-state index contributed by atoms with van der Waals surface area (Å²) in [6, 6.07) is 4.81. The van der Waals surface area contributed by atoms with E-state index in [1.165, 1.54) is 29.3 Å². The number of rotatable bonds is 6. The summed E-state index contributed by atoms with van der Waals surface area (Å²) in [5.41, 5.74) is 9.75. The van der Waals surface area contributed by atoms with Gasteiger partial charge in [-0.2, -0.15) is 18.2 Å². The summed E-state index contributed by atoms with van der Waals surface area (Å²) in [5.74, 6) is 0.602. The number of nitrogens with two attached hydrogens (primary N) is 2. The summed E-state index contributed by atoms with van der Waals surface area (Å²) in [7, 11) is 0. The number of urea groups is 1. The number of aromatic nitrogens is 2. The lowest BCUT2D eigenvalue weighted by Crippen LogP contribution is -2.53. The van der Waals surface area contributed by atoms with Crippen LogP contribution in [0.2, 0.25) is 0 Å². The Labute approximate surface area is 235 Å². The highest BCUT2D eigenvalue weighted by molar-refractivity contribution is 5.88. The number of benzene rings is 1. The first-order valence-corrected chi connectivity index (χ1v) is 13.6. The molecular formula is C27H35F3N8O3. The molecule has 2 saturated heterocycles. The summed E-state index contributed by atoms with van der Waals surface area (Å²) in [6.45, 7) is 6.34. The van der Waals surface area contributed by atoms with Gasteiger partial charge in [-0.05, 0) is 49.4 Å². The third-order valence-corrected chi connectivity index (χ3v) is 7.97. The molecule has 222 valence electrons. The summed E-state index contributed by atoms with van der Waals surface area (Å²) in [4.78, 5) is 46.8. The largest absolute Gasteiger partial charge is 0.416 e. The number of hydrogen-bond acceptors (Lipinski definition) is 7. The van der Waals surface area contributed by atoms with Crippen molar-refractivity contribution in [2.75, 3.05) is 44.6 Å².